The van der Waals surface area contributed by atoms with Gasteiger partial charge in [0.25, 0.3) is 0 Å². The van der Waals surface area contributed by atoms with E-state index in [2.05, 4.69) is 10.1 Å². The second kappa shape index (κ2) is 7.41. The minimum atomic E-state index is -4.70. The van der Waals surface area contributed by atoms with Crippen LogP contribution in [0.3, 0.4) is 0 Å². The molecule has 0 aliphatic carbocycles. The van der Waals surface area contributed by atoms with Crippen molar-refractivity contribution in [3.8, 4) is 0 Å². The summed E-state index contributed by atoms with van der Waals surface area (Å²) in [6, 6.07) is 6.22. The minimum absolute atomic E-state index is 0.180. The number of rotatable bonds is 4. The number of dihydropyridines is 1. The second-order valence-corrected chi connectivity index (χ2v) is 6.06. The van der Waals surface area contributed by atoms with Crippen molar-refractivity contribution in [2.75, 3.05) is 6.61 Å². The van der Waals surface area contributed by atoms with E-state index in [1.54, 1.807) is 12.1 Å². The largest absolute Gasteiger partial charge is 0.478 e. The molecule has 0 bridgehead atoms. The molecule has 0 fully saturated rings. The highest BCUT2D eigenvalue weighted by atomic mass is 35.5. The van der Waals surface area contributed by atoms with Gasteiger partial charge >= 0.3 is 18.1 Å². The lowest BCUT2D eigenvalue weighted by Gasteiger charge is -2.30. The van der Waals surface area contributed by atoms with Gasteiger partial charge in [-0.1, -0.05) is 29.8 Å². The molecule has 0 aromatic heterocycles. The zero-order valence-electron chi connectivity index (χ0n) is 13.8. The molecule has 26 heavy (non-hydrogen) atoms. The molecule has 2 N–H and O–H groups in total. The molecule has 2 rings (SSSR count). The van der Waals surface area contributed by atoms with Gasteiger partial charge in [-0.2, -0.15) is 13.2 Å². The summed E-state index contributed by atoms with van der Waals surface area (Å²) >= 11 is 6.15. The average molecular weight is 390 g/mol. The Labute approximate surface area is 152 Å². The Morgan fingerprint density at radius 2 is 1.77 bits per heavy atom. The molecule has 9 heteroatoms. The van der Waals surface area contributed by atoms with Crippen LogP contribution in [0.15, 0.2) is 46.8 Å². The highest BCUT2D eigenvalue weighted by Crippen LogP contribution is 2.41. The van der Waals surface area contributed by atoms with E-state index in [1.807, 2.05) is 0 Å². The second-order valence-electron chi connectivity index (χ2n) is 5.65. The molecule has 0 saturated heterocycles. The molecule has 140 valence electrons. The Hall–Kier alpha value is -2.48. The number of aliphatic carboxylic acids is 1. The van der Waals surface area contributed by atoms with Gasteiger partial charge in [0, 0.05) is 16.4 Å². The summed E-state index contributed by atoms with van der Waals surface area (Å²) in [5.74, 6) is -3.75. The number of alkyl halides is 3. The van der Waals surface area contributed by atoms with E-state index in [9.17, 15) is 27.9 Å². The average Bonchev–Trinajstić information content (AvgIpc) is 2.51. The van der Waals surface area contributed by atoms with Crippen LogP contribution in [0.25, 0.3) is 0 Å². The maximum atomic E-state index is 12.4. The van der Waals surface area contributed by atoms with Crippen LogP contribution in [-0.2, 0) is 14.3 Å². The fourth-order valence-corrected chi connectivity index (χ4v) is 3.04. The van der Waals surface area contributed by atoms with Gasteiger partial charge in [-0.05, 0) is 25.5 Å². The fraction of sp³-hybridized carbons (Fsp3) is 0.294. The molecule has 1 aliphatic rings. The van der Waals surface area contributed by atoms with Crippen molar-refractivity contribution in [3.63, 3.8) is 0 Å². The van der Waals surface area contributed by atoms with Gasteiger partial charge in [0.15, 0.2) is 6.61 Å². The Morgan fingerprint density at radius 3 is 2.31 bits per heavy atom. The Bertz CT molecular complexity index is 814. The van der Waals surface area contributed by atoms with Crippen LogP contribution in [0.4, 0.5) is 13.2 Å². The lowest BCUT2D eigenvalue weighted by Crippen LogP contribution is -2.33. The van der Waals surface area contributed by atoms with E-state index < -0.39 is 30.6 Å². The molecule has 0 spiro atoms. The summed E-state index contributed by atoms with van der Waals surface area (Å²) in [5, 5.41) is 12.5. The number of carboxylic acids is 1. The number of ether oxygens (including phenoxy) is 1. The van der Waals surface area contributed by atoms with Crippen molar-refractivity contribution in [2.24, 2.45) is 0 Å². The molecule has 1 aromatic rings. The van der Waals surface area contributed by atoms with E-state index in [-0.39, 0.29) is 33.1 Å². The molecule has 1 atom stereocenters. The fourth-order valence-electron chi connectivity index (χ4n) is 2.79. The number of hydrogen-bond donors (Lipinski definition) is 2. The Kier molecular flexibility index (Phi) is 5.65. The van der Waals surface area contributed by atoms with Gasteiger partial charge in [-0.3, -0.25) is 0 Å². The summed E-state index contributed by atoms with van der Waals surface area (Å²) in [6.45, 7) is 1.17. The number of carboxylic acid groups (broad SMARTS) is 1. The highest BCUT2D eigenvalue weighted by Gasteiger charge is 2.39. The van der Waals surface area contributed by atoms with Crippen molar-refractivity contribution in [1.29, 1.82) is 0 Å². The number of allylic oxidation sites excluding steroid dienone is 2. The summed E-state index contributed by atoms with van der Waals surface area (Å²) in [7, 11) is 0. The van der Waals surface area contributed by atoms with Crippen LogP contribution in [0.2, 0.25) is 5.02 Å². The normalized spacial score (nSPS) is 17.8. The van der Waals surface area contributed by atoms with Gasteiger partial charge in [0.1, 0.15) is 0 Å². The SMILES string of the molecule is CC1=C(C(=O)O)C(c2ccccc2Cl)C(C(=O)OCC(F)(F)F)=C(C)N1. The number of carbonyl (C=O) groups excluding carboxylic acids is 1. The summed E-state index contributed by atoms with van der Waals surface area (Å²) < 4.78 is 41.5. The zero-order chi connectivity index (χ0) is 19.6. The van der Waals surface area contributed by atoms with Gasteiger partial charge in [0.2, 0.25) is 0 Å². The van der Waals surface area contributed by atoms with E-state index in [4.69, 9.17) is 11.6 Å². The van der Waals surface area contributed by atoms with E-state index in [0.29, 0.717) is 0 Å². The lowest BCUT2D eigenvalue weighted by molar-refractivity contribution is -0.183. The maximum Gasteiger partial charge on any atom is 0.422 e. The van der Waals surface area contributed by atoms with Crippen LogP contribution >= 0.6 is 11.6 Å². The smallest absolute Gasteiger partial charge is 0.422 e. The summed E-state index contributed by atoms with van der Waals surface area (Å²) in [5.41, 5.74) is 0.315. The first-order valence-corrected chi connectivity index (χ1v) is 7.81. The molecule has 0 radical (unpaired) electrons. The molecule has 0 saturated carbocycles. The van der Waals surface area contributed by atoms with E-state index in [1.165, 1.54) is 26.0 Å². The van der Waals surface area contributed by atoms with Crippen molar-refractivity contribution in [1.82, 2.24) is 5.32 Å². The van der Waals surface area contributed by atoms with E-state index >= 15 is 0 Å². The van der Waals surface area contributed by atoms with Gasteiger partial charge < -0.3 is 15.2 Å². The third-order valence-corrected chi connectivity index (χ3v) is 4.14. The molecular weight excluding hydrogens is 375 g/mol. The molecule has 1 unspecified atom stereocenters. The first-order chi connectivity index (χ1) is 12.0. The molecule has 1 aromatic carbocycles. The van der Waals surface area contributed by atoms with Crippen LogP contribution in [0.1, 0.15) is 25.3 Å². The predicted molar refractivity (Wildman–Crippen MR) is 87.4 cm³/mol. The highest BCUT2D eigenvalue weighted by molar-refractivity contribution is 6.31. The quantitative estimate of drug-likeness (QED) is 0.767. The van der Waals surface area contributed by atoms with Crippen molar-refractivity contribution in [3.05, 3.63) is 57.4 Å². The predicted octanol–water partition coefficient (Wildman–Crippen LogP) is 3.76. The number of benzene rings is 1. The zero-order valence-corrected chi connectivity index (χ0v) is 14.5. The number of esters is 1. The number of nitrogens with one attached hydrogen (secondary N) is 1. The standard InChI is InChI=1S/C17H15ClF3NO4/c1-8-12(15(23)24)14(10-5-3-4-6-11(10)18)13(9(2)22-8)16(25)26-7-17(19,20)21/h3-6,14,22H,7H2,1-2H3,(H,23,24). The van der Waals surface area contributed by atoms with Gasteiger partial charge in [0.05, 0.1) is 17.1 Å². The number of hydrogen-bond acceptors (Lipinski definition) is 4. The van der Waals surface area contributed by atoms with Crippen LogP contribution < -0.4 is 5.32 Å². The van der Waals surface area contributed by atoms with Crippen molar-refractivity contribution in [2.45, 2.75) is 25.9 Å². The Morgan fingerprint density at radius 1 is 1.19 bits per heavy atom. The molecule has 1 heterocycles. The van der Waals surface area contributed by atoms with E-state index in [0.717, 1.165) is 0 Å². The van der Waals surface area contributed by atoms with Crippen molar-refractivity contribution >= 4 is 23.5 Å². The van der Waals surface area contributed by atoms with Crippen LogP contribution in [0.5, 0.6) is 0 Å². The minimum Gasteiger partial charge on any atom is -0.478 e. The third-order valence-electron chi connectivity index (χ3n) is 3.79. The molecular formula is C17H15ClF3NO4. The van der Waals surface area contributed by atoms with Crippen molar-refractivity contribution < 1.29 is 32.6 Å². The summed E-state index contributed by atoms with van der Waals surface area (Å²) in [6.07, 6.45) is -4.70. The topological polar surface area (TPSA) is 75.6 Å². The molecule has 0 amide bonds. The monoisotopic (exact) mass is 389 g/mol. The van der Waals surface area contributed by atoms with Crippen LogP contribution in [-0.4, -0.2) is 29.8 Å². The number of halogens is 4. The maximum absolute atomic E-state index is 12.4. The molecule has 1 aliphatic heterocycles. The first-order valence-electron chi connectivity index (χ1n) is 7.43. The summed E-state index contributed by atoms with van der Waals surface area (Å²) in [4.78, 5) is 24.1. The molecule has 5 nitrogen and oxygen atoms in total. The van der Waals surface area contributed by atoms with Gasteiger partial charge in [-0.25, -0.2) is 9.59 Å². The number of carbonyl (C=O) groups is 2. The Balaban J connectivity index is 2.56. The van der Waals surface area contributed by atoms with Crippen LogP contribution in [0, 0.1) is 0 Å². The lowest BCUT2D eigenvalue weighted by atomic mass is 9.80. The third kappa shape index (κ3) is 4.19. The van der Waals surface area contributed by atoms with Gasteiger partial charge in [-0.15, -0.1) is 0 Å². The first kappa shape index (κ1) is 19.8.